The van der Waals surface area contributed by atoms with Crippen molar-refractivity contribution in [1.82, 2.24) is 0 Å². The molecule has 16 heavy (non-hydrogen) atoms. The predicted octanol–water partition coefficient (Wildman–Crippen LogP) is 2.78. The molecule has 0 fully saturated rings. The van der Waals surface area contributed by atoms with E-state index in [0.717, 1.165) is 4.47 Å². The molecule has 1 amide bonds. The Labute approximate surface area is 110 Å². The number of anilines is 1. The Morgan fingerprint density at radius 3 is 2.25 bits per heavy atom. The van der Waals surface area contributed by atoms with Gasteiger partial charge in [-0.1, -0.05) is 31.9 Å². The Bertz CT molecular complexity index is 465. The van der Waals surface area contributed by atoms with Gasteiger partial charge in [0.15, 0.2) is 5.72 Å². The SMILES string of the molecule is C[C@@]1(O)C(Br)=CC(=O)N1c1ccc(Br)cc1. The van der Waals surface area contributed by atoms with Gasteiger partial charge >= 0.3 is 0 Å². The highest BCUT2D eigenvalue weighted by atomic mass is 79.9. The Kier molecular flexibility index (Phi) is 2.94. The van der Waals surface area contributed by atoms with E-state index >= 15 is 0 Å². The van der Waals surface area contributed by atoms with E-state index < -0.39 is 5.72 Å². The van der Waals surface area contributed by atoms with E-state index in [0.29, 0.717) is 10.2 Å². The van der Waals surface area contributed by atoms with Gasteiger partial charge in [0.1, 0.15) is 0 Å². The Hall–Kier alpha value is -0.650. The Morgan fingerprint density at radius 2 is 1.81 bits per heavy atom. The van der Waals surface area contributed by atoms with Gasteiger partial charge in [0, 0.05) is 16.2 Å². The van der Waals surface area contributed by atoms with Crippen molar-refractivity contribution in [3.05, 3.63) is 39.3 Å². The van der Waals surface area contributed by atoms with Crippen LogP contribution in [0.1, 0.15) is 6.92 Å². The van der Waals surface area contributed by atoms with Crippen molar-refractivity contribution in [3.8, 4) is 0 Å². The first-order chi connectivity index (χ1) is 7.43. The average molecular weight is 347 g/mol. The van der Waals surface area contributed by atoms with Crippen LogP contribution in [-0.2, 0) is 4.79 Å². The summed E-state index contributed by atoms with van der Waals surface area (Å²) in [5.74, 6) is -0.237. The van der Waals surface area contributed by atoms with Crippen molar-refractivity contribution in [2.75, 3.05) is 4.90 Å². The van der Waals surface area contributed by atoms with Gasteiger partial charge < -0.3 is 5.11 Å². The van der Waals surface area contributed by atoms with Gasteiger partial charge in [-0.25, -0.2) is 0 Å². The van der Waals surface area contributed by atoms with Crippen molar-refractivity contribution in [1.29, 1.82) is 0 Å². The normalized spacial score (nSPS) is 24.9. The summed E-state index contributed by atoms with van der Waals surface area (Å²) in [6.07, 6.45) is 1.38. The minimum Gasteiger partial charge on any atom is -0.366 e. The van der Waals surface area contributed by atoms with E-state index in [1.165, 1.54) is 11.0 Å². The maximum Gasteiger partial charge on any atom is 0.254 e. The summed E-state index contributed by atoms with van der Waals surface area (Å²) >= 11 is 6.51. The molecule has 1 aromatic carbocycles. The first kappa shape index (κ1) is 11.8. The van der Waals surface area contributed by atoms with Crippen LogP contribution in [0.25, 0.3) is 0 Å². The van der Waals surface area contributed by atoms with Crippen LogP contribution >= 0.6 is 31.9 Å². The van der Waals surface area contributed by atoms with Crippen molar-refractivity contribution >= 4 is 43.5 Å². The summed E-state index contributed by atoms with van der Waals surface area (Å²) in [4.78, 5) is 13.1. The van der Waals surface area contributed by atoms with E-state index in [1.807, 2.05) is 12.1 Å². The van der Waals surface area contributed by atoms with Crippen LogP contribution < -0.4 is 4.90 Å². The van der Waals surface area contributed by atoms with Gasteiger partial charge in [-0.15, -0.1) is 0 Å². The molecule has 0 unspecified atom stereocenters. The first-order valence-corrected chi connectivity index (χ1v) is 6.21. The second-order valence-corrected chi connectivity index (χ2v) is 5.43. The zero-order chi connectivity index (χ0) is 11.9. The number of rotatable bonds is 1. The number of nitrogens with zero attached hydrogens (tertiary/aromatic N) is 1. The standard InChI is InChI=1S/C11H9Br2NO2/c1-11(16)9(13)6-10(15)14(11)8-4-2-7(12)3-5-8/h2-6,16H,1H3/t11-/m1/s1. The van der Waals surface area contributed by atoms with Gasteiger partial charge in [-0.3, -0.25) is 9.69 Å². The molecule has 84 valence electrons. The minimum absolute atomic E-state index is 0.237. The number of carbonyl (C=O) groups excluding carboxylic acids is 1. The highest BCUT2D eigenvalue weighted by molar-refractivity contribution is 9.11. The molecule has 1 aliphatic heterocycles. The maximum absolute atomic E-state index is 11.7. The second-order valence-electron chi connectivity index (χ2n) is 3.66. The molecule has 1 atom stereocenters. The van der Waals surface area contributed by atoms with Gasteiger partial charge in [-0.05, 0) is 31.2 Å². The number of carbonyl (C=O) groups is 1. The number of benzene rings is 1. The molecule has 0 saturated heterocycles. The van der Waals surface area contributed by atoms with Crippen LogP contribution in [0, 0.1) is 0 Å². The monoisotopic (exact) mass is 345 g/mol. The van der Waals surface area contributed by atoms with Crippen LogP contribution in [0.3, 0.4) is 0 Å². The number of hydrogen-bond donors (Lipinski definition) is 1. The fourth-order valence-corrected chi connectivity index (χ4v) is 2.24. The number of amides is 1. The molecule has 1 aliphatic rings. The maximum atomic E-state index is 11.7. The molecule has 1 heterocycles. The van der Waals surface area contributed by atoms with Gasteiger partial charge in [0.25, 0.3) is 5.91 Å². The fraction of sp³-hybridized carbons (Fsp3) is 0.182. The van der Waals surface area contributed by atoms with Crippen LogP contribution in [0.15, 0.2) is 39.3 Å². The van der Waals surface area contributed by atoms with Gasteiger partial charge in [0.05, 0.1) is 4.48 Å². The molecular weight excluding hydrogens is 338 g/mol. The molecule has 0 spiro atoms. The molecule has 5 heteroatoms. The minimum atomic E-state index is -1.31. The average Bonchev–Trinajstić information content (AvgIpc) is 2.39. The third-order valence-corrected chi connectivity index (χ3v) is 3.95. The van der Waals surface area contributed by atoms with Crippen LogP contribution in [0.2, 0.25) is 0 Å². The van der Waals surface area contributed by atoms with E-state index in [-0.39, 0.29) is 5.91 Å². The number of hydrogen-bond acceptors (Lipinski definition) is 2. The van der Waals surface area contributed by atoms with Crippen molar-refractivity contribution < 1.29 is 9.90 Å². The molecule has 1 aromatic rings. The lowest BCUT2D eigenvalue weighted by Gasteiger charge is -2.31. The van der Waals surface area contributed by atoms with E-state index in [2.05, 4.69) is 31.9 Å². The van der Waals surface area contributed by atoms with Crippen molar-refractivity contribution in [2.24, 2.45) is 0 Å². The zero-order valence-corrected chi connectivity index (χ0v) is 11.6. The lowest BCUT2D eigenvalue weighted by atomic mass is 10.2. The lowest BCUT2D eigenvalue weighted by Crippen LogP contribution is -2.45. The largest absolute Gasteiger partial charge is 0.366 e. The summed E-state index contributed by atoms with van der Waals surface area (Å²) in [5, 5.41) is 10.2. The van der Waals surface area contributed by atoms with E-state index in [1.54, 1.807) is 19.1 Å². The van der Waals surface area contributed by atoms with Crippen LogP contribution in [-0.4, -0.2) is 16.7 Å². The summed E-state index contributed by atoms with van der Waals surface area (Å²) in [6.45, 7) is 1.57. The van der Waals surface area contributed by atoms with Crippen molar-refractivity contribution in [2.45, 2.75) is 12.6 Å². The highest BCUT2D eigenvalue weighted by Gasteiger charge is 2.41. The number of aliphatic hydroxyl groups is 1. The van der Waals surface area contributed by atoms with Crippen LogP contribution in [0.5, 0.6) is 0 Å². The lowest BCUT2D eigenvalue weighted by molar-refractivity contribution is -0.115. The third-order valence-electron chi connectivity index (χ3n) is 2.44. The summed E-state index contributed by atoms with van der Waals surface area (Å²) in [7, 11) is 0. The highest BCUT2D eigenvalue weighted by Crippen LogP contribution is 2.36. The second kappa shape index (κ2) is 3.98. The first-order valence-electron chi connectivity index (χ1n) is 4.63. The molecule has 0 aromatic heterocycles. The van der Waals surface area contributed by atoms with Gasteiger partial charge in [0.2, 0.25) is 0 Å². The van der Waals surface area contributed by atoms with E-state index in [9.17, 15) is 9.90 Å². The molecule has 0 bridgehead atoms. The quantitative estimate of drug-likeness (QED) is 0.849. The molecule has 3 nitrogen and oxygen atoms in total. The van der Waals surface area contributed by atoms with Gasteiger partial charge in [-0.2, -0.15) is 0 Å². The smallest absolute Gasteiger partial charge is 0.254 e. The van der Waals surface area contributed by atoms with Crippen LogP contribution in [0.4, 0.5) is 5.69 Å². The molecule has 0 saturated carbocycles. The predicted molar refractivity (Wildman–Crippen MR) is 69.3 cm³/mol. The summed E-state index contributed by atoms with van der Waals surface area (Å²) < 4.78 is 1.39. The molecule has 1 N–H and O–H groups in total. The van der Waals surface area contributed by atoms with Crippen molar-refractivity contribution in [3.63, 3.8) is 0 Å². The molecular formula is C11H9Br2NO2. The fourth-order valence-electron chi connectivity index (χ4n) is 1.60. The summed E-state index contributed by atoms with van der Waals surface area (Å²) in [5.41, 5.74) is -0.658. The Morgan fingerprint density at radius 1 is 1.25 bits per heavy atom. The zero-order valence-electron chi connectivity index (χ0n) is 8.45. The molecule has 0 aliphatic carbocycles. The number of halogens is 2. The molecule has 0 radical (unpaired) electrons. The Balaban J connectivity index is 2.43. The molecule has 2 rings (SSSR count). The summed E-state index contributed by atoms with van der Waals surface area (Å²) in [6, 6.07) is 7.20. The van der Waals surface area contributed by atoms with E-state index in [4.69, 9.17) is 0 Å². The topological polar surface area (TPSA) is 40.5 Å². The third kappa shape index (κ3) is 1.83.